The van der Waals surface area contributed by atoms with Crippen molar-refractivity contribution in [2.75, 3.05) is 13.7 Å². The zero-order chi connectivity index (χ0) is 16.4. The lowest BCUT2D eigenvalue weighted by Gasteiger charge is -2.18. The fourth-order valence-electron chi connectivity index (χ4n) is 2.98. The van der Waals surface area contributed by atoms with Crippen molar-refractivity contribution in [3.8, 4) is 22.8 Å². The molecule has 0 amide bonds. The lowest BCUT2D eigenvalue weighted by molar-refractivity contribution is -0.0393. The summed E-state index contributed by atoms with van der Waals surface area (Å²) in [6.07, 6.45) is 3.36. The first-order valence-corrected chi connectivity index (χ1v) is 8.03. The van der Waals surface area contributed by atoms with E-state index in [0.29, 0.717) is 11.5 Å². The van der Waals surface area contributed by atoms with Crippen LogP contribution >= 0.6 is 0 Å². The van der Waals surface area contributed by atoms with Gasteiger partial charge in [0.1, 0.15) is 5.69 Å². The molecule has 0 radical (unpaired) electrons. The van der Waals surface area contributed by atoms with Crippen LogP contribution in [0.15, 0.2) is 48.7 Å². The van der Waals surface area contributed by atoms with Crippen LogP contribution in [-0.2, 0) is 4.74 Å². The second-order valence-electron chi connectivity index (χ2n) is 5.68. The Balaban J connectivity index is 1.87. The molecule has 0 aliphatic carbocycles. The van der Waals surface area contributed by atoms with E-state index >= 15 is 0 Å². The third-order valence-corrected chi connectivity index (χ3v) is 4.16. The molecule has 1 fully saturated rings. The Morgan fingerprint density at radius 2 is 1.96 bits per heavy atom. The number of rotatable bonds is 4. The van der Waals surface area contributed by atoms with Crippen LogP contribution in [0.4, 0.5) is 0 Å². The van der Waals surface area contributed by atoms with Gasteiger partial charge in [0.25, 0.3) is 0 Å². The highest BCUT2D eigenvalue weighted by atomic mass is 16.7. The van der Waals surface area contributed by atoms with Gasteiger partial charge in [-0.15, -0.1) is 5.10 Å². The minimum atomic E-state index is -0.238. The predicted octanol–water partition coefficient (Wildman–Crippen LogP) is 3.82. The number of aromatic nitrogens is 2. The highest BCUT2D eigenvalue weighted by Gasteiger charge is 2.21. The highest BCUT2D eigenvalue weighted by molar-refractivity contribution is 5.98. The number of methoxy groups -OCH3 is 1. The molecule has 1 aliphatic rings. The van der Waals surface area contributed by atoms with Gasteiger partial charge < -0.3 is 14.2 Å². The Hall–Kier alpha value is -2.66. The van der Waals surface area contributed by atoms with Crippen LogP contribution in [0.3, 0.4) is 0 Å². The van der Waals surface area contributed by atoms with Crippen molar-refractivity contribution in [3.05, 3.63) is 48.7 Å². The van der Waals surface area contributed by atoms with Gasteiger partial charge in [0.15, 0.2) is 17.8 Å². The second-order valence-corrected chi connectivity index (χ2v) is 5.68. The third kappa shape index (κ3) is 2.67. The van der Waals surface area contributed by atoms with Crippen LogP contribution in [-0.4, -0.2) is 30.2 Å². The molecule has 2 heterocycles. The van der Waals surface area contributed by atoms with Crippen molar-refractivity contribution in [2.24, 2.45) is 0 Å². The molecule has 1 unspecified atom stereocenters. The Kier molecular flexibility index (Phi) is 4.01. The molecule has 122 valence electrons. The summed E-state index contributed by atoms with van der Waals surface area (Å²) in [4.78, 5) is 0. The molecule has 1 saturated heterocycles. The van der Waals surface area contributed by atoms with Gasteiger partial charge in [-0.25, -0.2) is 0 Å². The molecule has 3 aromatic rings. The van der Waals surface area contributed by atoms with Gasteiger partial charge in [-0.05, 0) is 18.6 Å². The van der Waals surface area contributed by atoms with Crippen molar-refractivity contribution in [1.82, 2.24) is 10.2 Å². The smallest absolute Gasteiger partial charge is 0.200 e. The fourth-order valence-corrected chi connectivity index (χ4v) is 2.98. The zero-order valence-electron chi connectivity index (χ0n) is 13.4. The van der Waals surface area contributed by atoms with E-state index in [0.717, 1.165) is 41.5 Å². The number of ether oxygens (including phenoxy) is 3. The van der Waals surface area contributed by atoms with Gasteiger partial charge in [-0.1, -0.05) is 30.3 Å². The zero-order valence-corrected chi connectivity index (χ0v) is 13.4. The summed E-state index contributed by atoms with van der Waals surface area (Å²) in [6, 6.07) is 13.9. The maximum Gasteiger partial charge on any atom is 0.200 e. The largest absolute Gasteiger partial charge is 0.493 e. The van der Waals surface area contributed by atoms with E-state index in [1.165, 1.54) is 0 Å². The van der Waals surface area contributed by atoms with E-state index in [-0.39, 0.29) is 6.29 Å². The number of fused-ring (bicyclic) bond motifs is 1. The first-order valence-electron chi connectivity index (χ1n) is 8.03. The van der Waals surface area contributed by atoms with E-state index in [1.807, 2.05) is 42.5 Å². The van der Waals surface area contributed by atoms with Crippen molar-refractivity contribution in [2.45, 2.75) is 19.1 Å². The molecule has 24 heavy (non-hydrogen) atoms. The van der Waals surface area contributed by atoms with Crippen LogP contribution in [0.25, 0.3) is 22.0 Å². The number of hydrogen-bond acceptors (Lipinski definition) is 5. The summed E-state index contributed by atoms with van der Waals surface area (Å²) in [7, 11) is 1.64. The number of nitrogens with zero attached hydrogens (tertiary/aromatic N) is 2. The maximum absolute atomic E-state index is 6.09. The summed E-state index contributed by atoms with van der Waals surface area (Å²) in [5, 5.41) is 10.4. The first kappa shape index (κ1) is 14.9. The van der Waals surface area contributed by atoms with Gasteiger partial charge in [-0.3, -0.25) is 0 Å². The van der Waals surface area contributed by atoms with E-state index in [4.69, 9.17) is 14.2 Å². The molecule has 5 heteroatoms. The average Bonchev–Trinajstić information content (AvgIpc) is 3.15. The summed E-state index contributed by atoms with van der Waals surface area (Å²) in [6.45, 7) is 0.729. The van der Waals surface area contributed by atoms with Gasteiger partial charge in [-0.2, -0.15) is 5.10 Å². The molecule has 0 saturated carbocycles. The van der Waals surface area contributed by atoms with E-state index < -0.39 is 0 Å². The van der Waals surface area contributed by atoms with Crippen molar-refractivity contribution < 1.29 is 14.2 Å². The third-order valence-electron chi connectivity index (χ3n) is 4.16. The molecule has 1 atom stereocenters. The molecular formula is C19H18N2O3. The molecule has 5 nitrogen and oxygen atoms in total. The minimum Gasteiger partial charge on any atom is -0.493 e. The van der Waals surface area contributed by atoms with Crippen LogP contribution in [0, 0.1) is 0 Å². The quantitative estimate of drug-likeness (QED) is 0.731. The topological polar surface area (TPSA) is 53.5 Å². The maximum atomic E-state index is 6.09. The fraction of sp³-hybridized carbons (Fsp3) is 0.263. The summed E-state index contributed by atoms with van der Waals surface area (Å²) >= 11 is 0. The summed E-state index contributed by atoms with van der Waals surface area (Å²) in [5.41, 5.74) is 1.84. The summed E-state index contributed by atoms with van der Waals surface area (Å²) < 4.78 is 17.2. The Bertz CT molecular complexity index is 846. The summed E-state index contributed by atoms with van der Waals surface area (Å²) in [5.74, 6) is 1.33. The molecule has 2 aromatic carbocycles. The van der Waals surface area contributed by atoms with Crippen molar-refractivity contribution in [3.63, 3.8) is 0 Å². The monoisotopic (exact) mass is 322 g/mol. The van der Waals surface area contributed by atoms with Gasteiger partial charge >= 0.3 is 0 Å². The highest BCUT2D eigenvalue weighted by Crippen LogP contribution is 2.39. The Morgan fingerprint density at radius 1 is 1.08 bits per heavy atom. The van der Waals surface area contributed by atoms with Gasteiger partial charge in [0, 0.05) is 17.4 Å². The lowest BCUT2D eigenvalue weighted by Crippen LogP contribution is -2.14. The van der Waals surface area contributed by atoms with Crippen LogP contribution in [0.5, 0.6) is 11.5 Å². The molecule has 1 aromatic heterocycles. The van der Waals surface area contributed by atoms with Gasteiger partial charge in [0.2, 0.25) is 0 Å². The van der Waals surface area contributed by atoms with Crippen LogP contribution < -0.4 is 9.47 Å². The molecular weight excluding hydrogens is 304 g/mol. The predicted molar refractivity (Wildman–Crippen MR) is 91.1 cm³/mol. The van der Waals surface area contributed by atoms with Crippen LogP contribution in [0.1, 0.15) is 12.8 Å². The number of benzene rings is 2. The molecule has 0 N–H and O–H groups in total. The number of hydrogen-bond donors (Lipinski definition) is 0. The standard InChI is InChI=1S/C19H18N2O3/c1-22-16-10-9-14-15(19(16)24-17-8-5-11-23-17)12-20-21-18(14)13-6-3-2-4-7-13/h2-4,6-7,9-10,12,17H,5,8,11H2,1H3. The van der Waals surface area contributed by atoms with Crippen molar-refractivity contribution >= 4 is 10.8 Å². The minimum absolute atomic E-state index is 0.238. The normalized spacial score (nSPS) is 17.1. The Morgan fingerprint density at radius 3 is 2.71 bits per heavy atom. The average molecular weight is 322 g/mol. The van der Waals surface area contributed by atoms with E-state index in [9.17, 15) is 0 Å². The van der Waals surface area contributed by atoms with E-state index in [1.54, 1.807) is 13.3 Å². The molecule has 1 aliphatic heterocycles. The van der Waals surface area contributed by atoms with Crippen LogP contribution in [0.2, 0.25) is 0 Å². The molecule has 0 spiro atoms. The first-order chi connectivity index (χ1) is 11.9. The molecule has 0 bridgehead atoms. The second kappa shape index (κ2) is 6.45. The van der Waals surface area contributed by atoms with E-state index in [2.05, 4.69) is 10.2 Å². The van der Waals surface area contributed by atoms with Crippen molar-refractivity contribution in [1.29, 1.82) is 0 Å². The lowest BCUT2D eigenvalue weighted by atomic mass is 10.0. The van der Waals surface area contributed by atoms with Gasteiger partial charge in [0.05, 0.1) is 25.3 Å². The SMILES string of the molecule is COc1ccc2c(-c3ccccc3)nncc2c1OC1CCCO1. The Labute approximate surface area is 140 Å². The molecule has 4 rings (SSSR count).